The lowest BCUT2D eigenvalue weighted by Gasteiger charge is -2.08. The molecule has 0 aromatic heterocycles. The van der Waals surface area contributed by atoms with E-state index in [0.29, 0.717) is 16.7 Å². The average Bonchev–Trinajstić information content (AvgIpc) is 2.40. The number of halogens is 1. The second kappa shape index (κ2) is 5.56. The number of methoxy groups -OCH3 is 1. The summed E-state index contributed by atoms with van der Waals surface area (Å²) in [5.74, 6) is -0.491. The summed E-state index contributed by atoms with van der Waals surface area (Å²) in [6.07, 6.45) is 0. The summed E-state index contributed by atoms with van der Waals surface area (Å²) in [7, 11) is 1.52. The van der Waals surface area contributed by atoms with Crippen LogP contribution >= 0.6 is 0 Å². The van der Waals surface area contributed by atoms with Crippen molar-refractivity contribution < 1.29 is 13.9 Å². The van der Waals surface area contributed by atoms with Gasteiger partial charge in [-0.05, 0) is 23.8 Å². The number of rotatable bonds is 4. The highest BCUT2D eigenvalue weighted by atomic mass is 19.1. The van der Waals surface area contributed by atoms with Crippen LogP contribution in [0.4, 0.5) is 4.39 Å². The van der Waals surface area contributed by atoms with E-state index in [9.17, 15) is 9.18 Å². The van der Waals surface area contributed by atoms with Gasteiger partial charge in [0.2, 0.25) is 0 Å². The Hall–Kier alpha value is -2.00. The largest absolute Gasteiger partial charge is 0.380 e. The minimum Gasteiger partial charge on any atom is -0.380 e. The van der Waals surface area contributed by atoms with Crippen LogP contribution in [0.1, 0.15) is 21.5 Å². The lowest BCUT2D eigenvalue weighted by molar-refractivity contribution is 0.103. The maximum atomic E-state index is 13.2. The molecule has 0 amide bonds. The molecule has 0 fully saturated rings. The molecule has 18 heavy (non-hydrogen) atoms. The fourth-order valence-electron chi connectivity index (χ4n) is 1.80. The Morgan fingerprint density at radius 1 is 1.17 bits per heavy atom. The van der Waals surface area contributed by atoms with Crippen molar-refractivity contribution in [3.8, 4) is 0 Å². The van der Waals surface area contributed by atoms with Crippen molar-refractivity contribution in [2.45, 2.75) is 6.61 Å². The zero-order valence-corrected chi connectivity index (χ0v) is 10.0. The van der Waals surface area contributed by atoms with Crippen molar-refractivity contribution in [3.63, 3.8) is 0 Å². The highest BCUT2D eigenvalue weighted by Crippen LogP contribution is 2.17. The summed E-state index contributed by atoms with van der Waals surface area (Å²) in [5, 5.41) is 0. The molecular formula is C15H13FO2. The van der Waals surface area contributed by atoms with E-state index in [0.717, 1.165) is 0 Å². The predicted molar refractivity (Wildman–Crippen MR) is 67.0 cm³/mol. The Balaban J connectivity index is 2.41. The summed E-state index contributed by atoms with van der Waals surface area (Å²) in [5.41, 5.74) is 1.62. The van der Waals surface area contributed by atoms with Crippen LogP contribution in [0.5, 0.6) is 0 Å². The number of hydrogen-bond donors (Lipinski definition) is 0. The van der Waals surface area contributed by atoms with Crippen LogP contribution in [0.15, 0.2) is 48.5 Å². The van der Waals surface area contributed by atoms with Gasteiger partial charge in [0.05, 0.1) is 6.61 Å². The molecule has 2 rings (SSSR count). The highest BCUT2D eigenvalue weighted by molar-refractivity contribution is 6.09. The molecule has 0 unspecified atom stereocenters. The van der Waals surface area contributed by atoms with Gasteiger partial charge in [0, 0.05) is 18.2 Å². The van der Waals surface area contributed by atoms with Gasteiger partial charge < -0.3 is 4.74 Å². The van der Waals surface area contributed by atoms with E-state index in [1.54, 1.807) is 24.3 Å². The Labute approximate surface area is 105 Å². The summed E-state index contributed by atoms with van der Waals surface area (Å²) < 4.78 is 18.2. The van der Waals surface area contributed by atoms with E-state index in [-0.39, 0.29) is 18.2 Å². The number of ether oxygens (including phenoxy) is 1. The van der Waals surface area contributed by atoms with Crippen LogP contribution in [0.2, 0.25) is 0 Å². The molecule has 0 heterocycles. The number of benzene rings is 2. The first-order valence-electron chi connectivity index (χ1n) is 5.59. The molecule has 2 aromatic rings. The van der Waals surface area contributed by atoms with Gasteiger partial charge in [-0.25, -0.2) is 4.39 Å². The number of hydrogen-bond acceptors (Lipinski definition) is 2. The van der Waals surface area contributed by atoms with Gasteiger partial charge in [0.15, 0.2) is 5.78 Å². The standard InChI is InChI=1S/C15H13FO2/c1-18-10-12-9-13(16)7-8-14(12)15(17)11-5-3-2-4-6-11/h2-9H,10H2,1H3. The first-order valence-corrected chi connectivity index (χ1v) is 5.59. The smallest absolute Gasteiger partial charge is 0.193 e. The molecular weight excluding hydrogens is 231 g/mol. The summed E-state index contributed by atoms with van der Waals surface area (Å²) >= 11 is 0. The topological polar surface area (TPSA) is 26.3 Å². The molecule has 0 atom stereocenters. The normalized spacial score (nSPS) is 10.3. The predicted octanol–water partition coefficient (Wildman–Crippen LogP) is 3.20. The molecule has 0 aliphatic heterocycles. The van der Waals surface area contributed by atoms with Crippen LogP contribution < -0.4 is 0 Å². The second-order valence-corrected chi connectivity index (χ2v) is 3.93. The van der Waals surface area contributed by atoms with Crippen LogP contribution in [-0.4, -0.2) is 12.9 Å². The Morgan fingerprint density at radius 2 is 1.89 bits per heavy atom. The molecule has 92 valence electrons. The van der Waals surface area contributed by atoms with Crippen molar-refractivity contribution in [3.05, 3.63) is 71.0 Å². The van der Waals surface area contributed by atoms with Gasteiger partial charge in [-0.3, -0.25) is 4.79 Å². The van der Waals surface area contributed by atoms with E-state index < -0.39 is 0 Å². The van der Waals surface area contributed by atoms with Gasteiger partial charge >= 0.3 is 0 Å². The molecule has 3 heteroatoms. The molecule has 0 saturated heterocycles. The van der Waals surface area contributed by atoms with E-state index in [1.807, 2.05) is 6.07 Å². The molecule has 0 aliphatic rings. The van der Waals surface area contributed by atoms with Crippen LogP contribution in [0.3, 0.4) is 0 Å². The molecule has 2 nitrogen and oxygen atoms in total. The van der Waals surface area contributed by atoms with Gasteiger partial charge in [0.25, 0.3) is 0 Å². The van der Waals surface area contributed by atoms with Crippen molar-refractivity contribution >= 4 is 5.78 Å². The minimum absolute atomic E-state index is 0.123. The fourth-order valence-corrected chi connectivity index (χ4v) is 1.80. The van der Waals surface area contributed by atoms with E-state index >= 15 is 0 Å². The Morgan fingerprint density at radius 3 is 2.56 bits per heavy atom. The average molecular weight is 244 g/mol. The van der Waals surface area contributed by atoms with Crippen LogP contribution in [-0.2, 0) is 11.3 Å². The van der Waals surface area contributed by atoms with Gasteiger partial charge in [-0.15, -0.1) is 0 Å². The van der Waals surface area contributed by atoms with Crippen molar-refractivity contribution in [1.29, 1.82) is 0 Å². The Bertz CT molecular complexity index is 550. The number of carbonyl (C=O) groups is 1. The number of carbonyl (C=O) groups excluding carboxylic acids is 1. The third kappa shape index (κ3) is 2.63. The van der Waals surface area contributed by atoms with Gasteiger partial charge in [0.1, 0.15) is 5.82 Å². The maximum absolute atomic E-state index is 13.2. The summed E-state index contributed by atoms with van der Waals surface area (Å²) in [6.45, 7) is 0.214. The molecule has 0 radical (unpaired) electrons. The zero-order chi connectivity index (χ0) is 13.0. The lowest BCUT2D eigenvalue weighted by atomic mass is 9.98. The third-order valence-corrected chi connectivity index (χ3v) is 2.65. The monoisotopic (exact) mass is 244 g/mol. The maximum Gasteiger partial charge on any atom is 0.193 e. The first-order chi connectivity index (χ1) is 8.72. The fraction of sp³-hybridized carbons (Fsp3) is 0.133. The molecule has 0 bridgehead atoms. The molecule has 0 spiro atoms. The third-order valence-electron chi connectivity index (χ3n) is 2.65. The van der Waals surface area contributed by atoms with E-state index in [4.69, 9.17) is 4.74 Å². The minimum atomic E-state index is -0.369. The van der Waals surface area contributed by atoms with Crippen molar-refractivity contribution in [1.82, 2.24) is 0 Å². The van der Waals surface area contributed by atoms with Crippen LogP contribution in [0, 0.1) is 5.82 Å². The quantitative estimate of drug-likeness (QED) is 0.772. The molecule has 0 saturated carbocycles. The van der Waals surface area contributed by atoms with Crippen LogP contribution in [0.25, 0.3) is 0 Å². The molecule has 2 aromatic carbocycles. The van der Waals surface area contributed by atoms with E-state index in [2.05, 4.69) is 0 Å². The van der Waals surface area contributed by atoms with Crippen molar-refractivity contribution in [2.24, 2.45) is 0 Å². The number of ketones is 1. The summed E-state index contributed by atoms with van der Waals surface area (Å²) in [4.78, 5) is 12.3. The second-order valence-electron chi connectivity index (χ2n) is 3.93. The SMILES string of the molecule is COCc1cc(F)ccc1C(=O)c1ccccc1. The first kappa shape index (κ1) is 12.5. The van der Waals surface area contributed by atoms with E-state index in [1.165, 1.54) is 25.3 Å². The lowest BCUT2D eigenvalue weighted by Crippen LogP contribution is -2.06. The summed E-state index contributed by atoms with van der Waals surface area (Å²) in [6, 6.07) is 13.0. The molecule has 0 aliphatic carbocycles. The highest BCUT2D eigenvalue weighted by Gasteiger charge is 2.13. The molecule has 0 N–H and O–H groups in total. The Kier molecular flexibility index (Phi) is 3.85. The van der Waals surface area contributed by atoms with Gasteiger partial charge in [-0.2, -0.15) is 0 Å². The van der Waals surface area contributed by atoms with Gasteiger partial charge in [-0.1, -0.05) is 30.3 Å². The zero-order valence-electron chi connectivity index (χ0n) is 10.0. The van der Waals surface area contributed by atoms with Crippen molar-refractivity contribution in [2.75, 3.05) is 7.11 Å².